The van der Waals surface area contributed by atoms with Crippen LogP contribution < -0.4 is 0 Å². The summed E-state index contributed by atoms with van der Waals surface area (Å²) in [5.41, 5.74) is 0. The molecule has 3 heteroatoms. The first-order chi connectivity index (χ1) is 5.52. The Morgan fingerprint density at radius 1 is 1.33 bits per heavy atom. The molecule has 0 aliphatic carbocycles. The van der Waals surface area contributed by atoms with Crippen molar-refractivity contribution in [3.63, 3.8) is 0 Å². The predicted molar refractivity (Wildman–Crippen MR) is 45.8 cm³/mol. The molecule has 1 heterocycles. The fraction of sp³-hybridized carbons (Fsp3) is 1.00. The van der Waals surface area contributed by atoms with E-state index in [0.717, 1.165) is 0 Å². The number of rotatable bonds is 1. The van der Waals surface area contributed by atoms with E-state index in [4.69, 9.17) is 4.74 Å². The lowest BCUT2D eigenvalue weighted by atomic mass is 9.93. The van der Waals surface area contributed by atoms with E-state index < -0.39 is 12.2 Å². The Bertz CT molecular complexity index is 135. The highest BCUT2D eigenvalue weighted by Gasteiger charge is 2.34. The molecule has 0 radical (unpaired) electrons. The Kier molecular flexibility index (Phi) is 3.09. The molecule has 1 aliphatic rings. The standard InChI is InChI=1S/C9H18O3/c1-5(2)8-4-7(10)9(11)6(3)12-8/h5-11H,4H2,1-3H3. The van der Waals surface area contributed by atoms with Crippen LogP contribution in [0.25, 0.3) is 0 Å². The van der Waals surface area contributed by atoms with Crippen molar-refractivity contribution in [2.75, 3.05) is 0 Å². The summed E-state index contributed by atoms with van der Waals surface area (Å²) in [6.45, 7) is 5.91. The average molecular weight is 174 g/mol. The first-order valence-corrected chi connectivity index (χ1v) is 4.54. The monoisotopic (exact) mass is 174 g/mol. The minimum absolute atomic E-state index is 0.0819. The summed E-state index contributed by atoms with van der Waals surface area (Å²) >= 11 is 0. The average Bonchev–Trinajstić information content (AvgIpc) is 1.99. The summed E-state index contributed by atoms with van der Waals surface area (Å²) in [4.78, 5) is 0. The predicted octanol–water partition coefficient (Wildman–Crippen LogP) is 0.542. The molecule has 0 bridgehead atoms. The maximum absolute atomic E-state index is 9.44. The van der Waals surface area contributed by atoms with E-state index in [-0.39, 0.29) is 12.2 Å². The van der Waals surface area contributed by atoms with Crippen molar-refractivity contribution >= 4 is 0 Å². The van der Waals surface area contributed by atoms with Crippen LogP contribution in [-0.2, 0) is 4.74 Å². The molecule has 2 N–H and O–H groups in total. The molecule has 0 aromatic heterocycles. The van der Waals surface area contributed by atoms with Crippen LogP contribution in [0.5, 0.6) is 0 Å². The number of ether oxygens (including phenoxy) is 1. The molecule has 12 heavy (non-hydrogen) atoms. The zero-order chi connectivity index (χ0) is 9.30. The number of aliphatic hydroxyl groups is 2. The summed E-state index contributed by atoms with van der Waals surface area (Å²) in [7, 11) is 0. The largest absolute Gasteiger partial charge is 0.390 e. The van der Waals surface area contributed by atoms with Crippen LogP contribution >= 0.6 is 0 Å². The Labute approximate surface area is 73.4 Å². The van der Waals surface area contributed by atoms with Gasteiger partial charge in [-0.25, -0.2) is 0 Å². The minimum atomic E-state index is -0.722. The molecular weight excluding hydrogens is 156 g/mol. The first kappa shape index (κ1) is 9.96. The van der Waals surface area contributed by atoms with Gasteiger partial charge < -0.3 is 14.9 Å². The van der Waals surface area contributed by atoms with E-state index >= 15 is 0 Å². The highest BCUT2D eigenvalue weighted by Crippen LogP contribution is 2.24. The Morgan fingerprint density at radius 3 is 2.33 bits per heavy atom. The third kappa shape index (κ3) is 1.97. The third-order valence-electron chi connectivity index (χ3n) is 2.48. The zero-order valence-corrected chi connectivity index (χ0v) is 7.90. The summed E-state index contributed by atoms with van der Waals surface area (Å²) in [6, 6.07) is 0. The molecule has 4 unspecified atom stereocenters. The molecule has 72 valence electrons. The van der Waals surface area contributed by atoms with Crippen molar-refractivity contribution < 1.29 is 14.9 Å². The second-order valence-corrected chi connectivity index (χ2v) is 3.92. The van der Waals surface area contributed by atoms with Gasteiger partial charge in [0.2, 0.25) is 0 Å². The molecule has 4 atom stereocenters. The summed E-state index contributed by atoms with van der Waals surface area (Å²) in [5.74, 6) is 0.398. The second kappa shape index (κ2) is 3.73. The van der Waals surface area contributed by atoms with E-state index in [1.165, 1.54) is 0 Å². The van der Waals surface area contributed by atoms with Crippen LogP contribution in [0.15, 0.2) is 0 Å². The number of hydrogen-bond acceptors (Lipinski definition) is 3. The van der Waals surface area contributed by atoms with Crippen molar-refractivity contribution in [3.8, 4) is 0 Å². The van der Waals surface area contributed by atoms with Crippen molar-refractivity contribution in [1.29, 1.82) is 0 Å². The van der Waals surface area contributed by atoms with Crippen LogP contribution in [-0.4, -0.2) is 34.6 Å². The van der Waals surface area contributed by atoms with Gasteiger partial charge in [0.15, 0.2) is 0 Å². The Morgan fingerprint density at radius 2 is 1.92 bits per heavy atom. The van der Waals surface area contributed by atoms with E-state index in [1.54, 1.807) is 6.92 Å². The lowest BCUT2D eigenvalue weighted by Gasteiger charge is -2.37. The van der Waals surface area contributed by atoms with Gasteiger partial charge in [-0.1, -0.05) is 13.8 Å². The Balaban J connectivity index is 2.53. The summed E-state index contributed by atoms with van der Waals surface area (Å²) < 4.78 is 5.52. The van der Waals surface area contributed by atoms with E-state index in [0.29, 0.717) is 12.3 Å². The van der Waals surface area contributed by atoms with Gasteiger partial charge in [0.05, 0.1) is 18.3 Å². The number of hydrogen-bond donors (Lipinski definition) is 2. The molecule has 0 saturated carbocycles. The Hall–Kier alpha value is -0.120. The van der Waals surface area contributed by atoms with Gasteiger partial charge in [0.1, 0.15) is 6.10 Å². The molecule has 1 aliphatic heterocycles. The zero-order valence-electron chi connectivity index (χ0n) is 7.90. The highest BCUT2D eigenvalue weighted by molar-refractivity contribution is 4.84. The fourth-order valence-corrected chi connectivity index (χ4v) is 1.53. The normalized spacial score (nSPS) is 43.5. The van der Waals surface area contributed by atoms with Gasteiger partial charge in [-0.2, -0.15) is 0 Å². The molecule has 0 spiro atoms. The highest BCUT2D eigenvalue weighted by atomic mass is 16.5. The molecule has 1 saturated heterocycles. The van der Waals surface area contributed by atoms with Crippen LogP contribution in [0, 0.1) is 5.92 Å². The first-order valence-electron chi connectivity index (χ1n) is 4.54. The molecule has 0 aromatic carbocycles. The van der Waals surface area contributed by atoms with Crippen LogP contribution in [0.4, 0.5) is 0 Å². The maximum atomic E-state index is 9.44. The van der Waals surface area contributed by atoms with Gasteiger partial charge in [0.25, 0.3) is 0 Å². The van der Waals surface area contributed by atoms with Gasteiger partial charge in [-0.05, 0) is 12.8 Å². The van der Waals surface area contributed by atoms with Crippen molar-refractivity contribution in [1.82, 2.24) is 0 Å². The third-order valence-corrected chi connectivity index (χ3v) is 2.48. The van der Waals surface area contributed by atoms with Crippen molar-refractivity contribution in [2.24, 2.45) is 5.92 Å². The maximum Gasteiger partial charge on any atom is 0.106 e. The topological polar surface area (TPSA) is 49.7 Å². The number of aliphatic hydroxyl groups excluding tert-OH is 2. The quantitative estimate of drug-likeness (QED) is 0.610. The molecule has 0 aromatic rings. The second-order valence-electron chi connectivity index (χ2n) is 3.92. The summed E-state index contributed by atoms with van der Waals surface area (Å²) in [6.07, 6.45) is -0.968. The smallest absolute Gasteiger partial charge is 0.106 e. The van der Waals surface area contributed by atoms with Crippen molar-refractivity contribution in [3.05, 3.63) is 0 Å². The molecule has 3 nitrogen and oxygen atoms in total. The van der Waals surface area contributed by atoms with Crippen LogP contribution in [0.2, 0.25) is 0 Å². The lowest BCUT2D eigenvalue weighted by molar-refractivity contribution is -0.171. The molecule has 1 rings (SSSR count). The van der Waals surface area contributed by atoms with E-state index in [9.17, 15) is 10.2 Å². The lowest BCUT2D eigenvalue weighted by Crippen LogP contribution is -2.48. The fourth-order valence-electron chi connectivity index (χ4n) is 1.53. The van der Waals surface area contributed by atoms with Gasteiger partial charge in [-0.15, -0.1) is 0 Å². The van der Waals surface area contributed by atoms with Gasteiger partial charge in [0, 0.05) is 6.42 Å². The van der Waals surface area contributed by atoms with E-state index in [1.807, 2.05) is 0 Å². The SMILES string of the molecule is CC(C)C1CC(O)C(O)C(C)O1. The van der Waals surface area contributed by atoms with Gasteiger partial charge in [-0.3, -0.25) is 0 Å². The molecular formula is C9H18O3. The van der Waals surface area contributed by atoms with Crippen LogP contribution in [0.3, 0.4) is 0 Å². The van der Waals surface area contributed by atoms with Crippen LogP contribution in [0.1, 0.15) is 27.2 Å². The van der Waals surface area contributed by atoms with Crippen molar-refractivity contribution in [2.45, 2.75) is 51.6 Å². The minimum Gasteiger partial charge on any atom is -0.390 e. The molecule has 1 fully saturated rings. The summed E-state index contributed by atoms with van der Waals surface area (Å²) in [5, 5.41) is 18.8. The molecule has 0 amide bonds. The van der Waals surface area contributed by atoms with Gasteiger partial charge >= 0.3 is 0 Å². The van der Waals surface area contributed by atoms with E-state index in [2.05, 4.69) is 13.8 Å².